The highest BCUT2D eigenvalue weighted by molar-refractivity contribution is 5.86. The van der Waals surface area contributed by atoms with Crippen LogP contribution in [0.25, 0.3) is 0 Å². The van der Waals surface area contributed by atoms with Crippen LogP contribution in [-0.2, 0) is 9.59 Å². The first-order valence-electron chi connectivity index (χ1n) is 7.33. The molecule has 3 N–H and O–H groups in total. The Morgan fingerprint density at radius 2 is 1.95 bits per heavy atom. The van der Waals surface area contributed by atoms with E-state index in [0.717, 1.165) is 12.3 Å². The number of carboxylic acids is 2. The summed E-state index contributed by atoms with van der Waals surface area (Å²) >= 11 is 0. The van der Waals surface area contributed by atoms with Crippen LogP contribution in [0.3, 0.4) is 0 Å². The molecule has 21 heavy (non-hydrogen) atoms. The maximum absolute atomic E-state index is 12.0. The Morgan fingerprint density at radius 3 is 2.43 bits per heavy atom. The van der Waals surface area contributed by atoms with Crippen molar-refractivity contribution in [1.29, 1.82) is 0 Å². The summed E-state index contributed by atoms with van der Waals surface area (Å²) in [5, 5.41) is 19.9. The highest BCUT2D eigenvalue weighted by Gasteiger charge is 2.40. The van der Waals surface area contributed by atoms with E-state index in [0.29, 0.717) is 18.4 Å². The number of carbonyl (C=O) groups excluding carboxylic acids is 1. The molecule has 0 aromatic carbocycles. The lowest BCUT2D eigenvalue weighted by Gasteiger charge is -2.28. The molecule has 2 fully saturated rings. The fourth-order valence-corrected chi connectivity index (χ4v) is 3.67. The van der Waals surface area contributed by atoms with Crippen molar-refractivity contribution in [2.75, 3.05) is 13.6 Å². The first kappa shape index (κ1) is 15.6. The number of carbonyl (C=O) groups is 3. The molecule has 7 heteroatoms. The number of nitrogens with zero attached hydrogens (tertiary/aromatic N) is 1. The van der Waals surface area contributed by atoms with Crippen LogP contribution in [0.15, 0.2) is 0 Å². The molecule has 0 aliphatic heterocycles. The second-order valence-electron chi connectivity index (χ2n) is 6.25. The average molecular weight is 298 g/mol. The first-order valence-corrected chi connectivity index (χ1v) is 7.33. The minimum absolute atomic E-state index is 0.488. The van der Waals surface area contributed by atoms with Crippen molar-refractivity contribution in [2.45, 2.75) is 38.1 Å². The van der Waals surface area contributed by atoms with Gasteiger partial charge in [-0.25, -0.2) is 9.59 Å². The molecular formula is C14H22N2O5. The number of hydrogen-bond acceptors (Lipinski definition) is 3. The van der Waals surface area contributed by atoms with Gasteiger partial charge >= 0.3 is 18.0 Å². The van der Waals surface area contributed by atoms with Crippen molar-refractivity contribution in [3.8, 4) is 0 Å². The summed E-state index contributed by atoms with van der Waals surface area (Å²) in [7, 11) is 1.63. The third kappa shape index (κ3) is 3.86. The van der Waals surface area contributed by atoms with E-state index in [-0.39, 0.29) is 0 Å². The normalized spacial score (nSPS) is 28.1. The molecule has 0 spiro atoms. The van der Waals surface area contributed by atoms with E-state index < -0.39 is 30.4 Å². The molecule has 2 rings (SSSR count). The summed E-state index contributed by atoms with van der Waals surface area (Å²) in [6.07, 6.45) is 4.28. The zero-order valence-electron chi connectivity index (χ0n) is 12.1. The molecule has 2 bridgehead atoms. The molecule has 0 saturated heterocycles. The Labute approximate surface area is 123 Å². The van der Waals surface area contributed by atoms with Crippen molar-refractivity contribution >= 4 is 18.0 Å². The monoisotopic (exact) mass is 298 g/mol. The van der Waals surface area contributed by atoms with E-state index in [1.165, 1.54) is 24.2 Å². The van der Waals surface area contributed by atoms with Gasteiger partial charge in [0.05, 0.1) is 6.42 Å². The van der Waals surface area contributed by atoms with Crippen LogP contribution in [0.2, 0.25) is 0 Å². The van der Waals surface area contributed by atoms with Gasteiger partial charge in [-0.2, -0.15) is 0 Å². The first-order chi connectivity index (χ1) is 9.86. The second-order valence-corrected chi connectivity index (χ2v) is 6.25. The molecule has 0 radical (unpaired) electrons. The van der Waals surface area contributed by atoms with Crippen LogP contribution in [-0.4, -0.2) is 52.7 Å². The van der Waals surface area contributed by atoms with E-state index in [9.17, 15) is 14.4 Å². The third-order valence-electron chi connectivity index (χ3n) is 4.71. The molecule has 2 aliphatic rings. The summed E-state index contributed by atoms with van der Waals surface area (Å²) in [5.74, 6) is -0.630. The topological polar surface area (TPSA) is 107 Å². The third-order valence-corrected chi connectivity index (χ3v) is 4.71. The number of nitrogens with one attached hydrogen (secondary N) is 1. The van der Waals surface area contributed by atoms with Crippen molar-refractivity contribution in [3.63, 3.8) is 0 Å². The van der Waals surface area contributed by atoms with E-state index >= 15 is 0 Å². The molecule has 3 unspecified atom stereocenters. The SMILES string of the molecule is CN(CC1CC2CCC1C2)C(=O)N[C@@H](CC(=O)O)C(=O)O. The number of hydrogen-bond donors (Lipinski definition) is 3. The van der Waals surface area contributed by atoms with Gasteiger partial charge in [0.1, 0.15) is 6.04 Å². The lowest BCUT2D eigenvalue weighted by atomic mass is 9.88. The Bertz CT molecular complexity index is 439. The maximum Gasteiger partial charge on any atom is 0.326 e. The van der Waals surface area contributed by atoms with Crippen LogP contribution in [0.1, 0.15) is 32.1 Å². The zero-order valence-corrected chi connectivity index (χ0v) is 12.1. The molecule has 118 valence electrons. The molecule has 2 saturated carbocycles. The standard InChI is InChI=1S/C14H22N2O5/c1-16(7-10-5-8-2-3-9(10)4-8)14(21)15-11(13(19)20)6-12(17)18/h8-11H,2-7H2,1H3,(H,15,21)(H,17,18)(H,19,20)/t8?,9?,10?,11-/m0/s1. The number of carboxylic acid groups (broad SMARTS) is 2. The zero-order chi connectivity index (χ0) is 15.6. The smallest absolute Gasteiger partial charge is 0.326 e. The number of urea groups is 1. The number of rotatable bonds is 6. The fraction of sp³-hybridized carbons (Fsp3) is 0.786. The highest BCUT2D eigenvalue weighted by Crippen LogP contribution is 2.48. The van der Waals surface area contributed by atoms with Crippen LogP contribution >= 0.6 is 0 Å². The Morgan fingerprint density at radius 1 is 1.24 bits per heavy atom. The number of amides is 2. The van der Waals surface area contributed by atoms with E-state index in [1.54, 1.807) is 7.05 Å². The summed E-state index contributed by atoms with van der Waals surface area (Å²) in [5.41, 5.74) is 0. The predicted molar refractivity (Wildman–Crippen MR) is 73.8 cm³/mol. The van der Waals surface area contributed by atoms with Gasteiger partial charge in [-0.3, -0.25) is 4.79 Å². The molecule has 0 heterocycles. The highest BCUT2D eigenvalue weighted by atomic mass is 16.4. The summed E-state index contributed by atoms with van der Waals surface area (Å²) in [6.45, 7) is 0.604. The molecule has 0 aromatic rings. The largest absolute Gasteiger partial charge is 0.481 e. The van der Waals surface area contributed by atoms with E-state index in [1.807, 2.05) is 0 Å². The van der Waals surface area contributed by atoms with Gasteiger partial charge in [-0.1, -0.05) is 6.42 Å². The van der Waals surface area contributed by atoms with Gasteiger partial charge in [0.15, 0.2) is 0 Å². The summed E-state index contributed by atoms with van der Waals surface area (Å²) in [6, 6.07) is -1.91. The lowest BCUT2D eigenvalue weighted by Crippen LogP contribution is -2.48. The minimum atomic E-state index is -1.39. The molecule has 4 atom stereocenters. The minimum Gasteiger partial charge on any atom is -0.481 e. The van der Waals surface area contributed by atoms with Crippen molar-refractivity contribution in [2.24, 2.45) is 17.8 Å². The van der Waals surface area contributed by atoms with E-state index in [4.69, 9.17) is 10.2 Å². The Kier molecular flexibility index (Phi) is 4.69. The van der Waals surface area contributed by atoms with Gasteiger partial charge in [-0.05, 0) is 37.0 Å². The molecular weight excluding hydrogens is 276 g/mol. The average Bonchev–Trinajstić information content (AvgIpc) is 2.99. The van der Waals surface area contributed by atoms with Gasteiger partial charge in [0.25, 0.3) is 0 Å². The number of aliphatic carboxylic acids is 2. The van der Waals surface area contributed by atoms with E-state index in [2.05, 4.69) is 5.32 Å². The second kappa shape index (κ2) is 6.32. The Balaban J connectivity index is 1.83. The van der Waals surface area contributed by atoms with Crippen LogP contribution in [0.4, 0.5) is 4.79 Å². The summed E-state index contributed by atoms with van der Waals surface area (Å²) in [4.78, 5) is 35.0. The molecule has 7 nitrogen and oxygen atoms in total. The van der Waals surface area contributed by atoms with Crippen molar-refractivity contribution in [3.05, 3.63) is 0 Å². The molecule has 2 amide bonds. The van der Waals surface area contributed by atoms with Crippen LogP contribution in [0, 0.1) is 17.8 Å². The fourth-order valence-electron chi connectivity index (χ4n) is 3.67. The van der Waals surface area contributed by atoms with Crippen LogP contribution in [0.5, 0.6) is 0 Å². The lowest BCUT2D eigenvalue weighted by molar-refractivity contribution is -0.145. The predicted octanol–water partition coefficient (Wildman–Crippen LogP) is 0.992. The molecule has 0 aromatic heterocycles. The van der Waals surface area contributed by atoms with Crippen molar-refractivity contribution in [1.82, 2.24) is 10.2 Å². The van der Waals surface area contributed by atoms with Crippen molar-refractivity contribution < 1.29 is 24.6 Å². The van der Waals surface area contributed by atoms with Gasteiger partial charge in [0.2, 0.25) is 0 Å². The van der Waals surface area contributed by atoms with Gasteiger partial charge in [-0.15, -0.1) is 0 Å². The van der Waals surface area contributed by atoms with Crippen LogP contribution < -0.4 is 5.32 Å². The summed E-state index contributed by atoms with van der Waals surface area (Å²) < 4.78 is 0. The van der Waals surface area contributed by atoms with Gasteiger partial charge < -0.3 is 20.4 Å². The number of fused-ring (bicyclic) bond motifs is 2. The quantitative estimate of drug-likeness (QED) is 0.678. The maximum atomic E-state index is 12.0. The van der Waals surface area contributed by atoms with Gasteiger partial charge in [0, 0.05) is 13.6 Å². The molecule has 2 aliphatic carbocycles. The Hall–Kier alpha value is -1.79.